The lowest BCUT2D eigenvalue weighted by Crippen LogP contribution is -2.58. The third-order valence-corrected chi connectivity index (χ3v) is 11.0. The number of alkyl halides is 3. The van der Waals surface area contributed by atoms with Gasteiger partial charge < -0.3 is 25.1 Å². The summed E-state index contributed by atoms with van der Waals surface area (Å²) in [5, 5.41) is 15.2. The fourth-order valence-electron chi connectivity index (χ4n) is 6.37. The molecule has 1 amide bonds. The van der Waals surface area contributed by atoms with Crippen LogP contribution in [0.2, 0.25) is 0 Å². The van der Waals surface area contributed by atoms with Gasteiger partial charge in [-0.2, -0.15) is 18.2 Å². The smallest absolute Gasteiger partial charge is 0.390 e. The van der Waals surface area contributed by atoms with Crippen molar-refractivity contribution in [2.24, 2.45) is 5.92 Å². The first-order valence-corrected chi connectivity index (χ1v) is 16.8. The molecule has 2 atom stereocenters. The van der Waals surface area contributed by atoms with Crippen molar-refractivity contribution in [3.05, 3.63) is 54.9 Å². The van der Waals surface area contributed by atoms with E-state index in [0.717, 1.165) is 22.0 Å². The van der Waals surface area contributed by atoms with E-state index in [2.05, 4.69) is 26.8 Å². The summed E-state index contributed by atoms with van der Waals surface area (Å²) < 4.78 is 62.8. The molecule has 246 valence electrons. The highest BCUT2D eigenvalue weighted by molar-refractivity contribution is 7.92. The summed E-state index contributed by atoms with van der Waals surface area (Å²) in [6.45, 7) is 9.55. The van der Waals surface area contributed by atoms with Crippen LogP contribution in [0.1, 0.15) is 38.2 Å². The molecule has 15 heteroatoms. The molecule has 5 heterocycles. The molecule has 0 spiro atoms. The fourth-order valence-corrected chi connectivity index (χ4v) is 7.51. The average molecular weight is 660 g/mol. The standard InChI is InChI=1S/C31H36F3N7O4S/c1-4-28(42)40-15-20(16-40)22-5-6-25(41-17-21(19(41)2)18-46(44,45)31(32,33)34)24-14-36-27(13-23(22)24)37-26-7-10-35-29(38-26)39-11-8-30(3,43)9-12-39/h4-7,10,13-14,19-21,43H,1,8-9,11-12,15-18H2,2-3H3,(H,35,36,37,38)/t19-,21-/m1/s1. The van der Waals surface area contributed by atoms with Crippen molar-refractivity contribution < 1.29 is 31.5 Å². The number of halogens is 3. The molecule has 0 aliphatic carbocycles. The number of carbonyl (C=O) groups excluding carboxylic acids is 1. The van der Waals surface area contributed by atoms with Crippen molar-refractivity contribution in [3.8, 4) is 0 Å². The van der Waals surface area contributed by atoms with Crippen LogP contribution in [0, 0.1) is 5.92 Å². The Labute approximate surface area is 265 Å². The van der Waals surface area contributed by atoms with Gasteiger partial charge >= 0.3 is 5.51 Å². The number of aliphatic hydroxyl groups is 1. The van der Waals surface area contributed by atoms with Gasteiger partial charge in [0.25, 0.3) is 0 Å². The first kappa shape index (κ1) is 32.0. The van der Waals surface area contributed by atoms with Gasteiger partial charge in [-0.15, -0.1) is 0 Å². The van der Waals surface area contributed by atoms with Gasteiger partial charge in [0, 0.05) is 74.1 Å². The molecule has 2 aromatic heterocycles. The summed E-state index contributed by atoms with van der Waals surface area (Å²) >= 11 is 0. The van der Waals surface area contributed by atoms with Crippen molar-refractivity contribution >= 4 is 49.8 Å². The number of pyridine rings is 1. The first-order valence-electron chi connectivity index (χ1n) is 15.1. The van der Waals surface area contributed by atoms with Gasteiger partial charge in [-0.1, -0.05) is 12.6 Å². The zero-order valence-electron chi connectivity index (χ0n) is 25.5. The maximum absolute atomic E-state index is 13.0. The Bertz CT molecular complexity index is 1770. The molecular formula is C31H36F3N7O4S. The highest BCUT2D eigenvalue weighted by atomic mass is 32.2. The predicted molar refractivity (Wildman–Crippen MR) is 169 cm³/mol. The van der Waals surface area contributed by atoms with Crippen molar-refractivity contribution in [1.82, 2.24) is 19.9 Å². The number of hydrogen-bond acceptors (Lipinski definition) is 10. The average Bonchev–Trinajstić information content (AvgIpc) is 2.98. The van der Waals surface area contributed by atoms with E-state index in [0.29, 0.717) is 56.6 Å². The summed E-state index contributed by atoms with van der Waals surface area (Å²) in [6.07, 6.45) is 5.85. The van der Waals surface area contributed by atoms with Crippen molar-refractivity contribution in [2.75, 3.05) is 53.6 Å². The molecule has 46 heavy (non-hydrogen) atoms. The molecule has 1 aromatic carbocycles. The van der Waals surface area contributed by atoms with E-state index in [1.54, 1.807) is 30.3 Å². The number of sulfone groups is 1. The number of rotatable bonds is 8. The minimum absolute atomic E-state index is 0.0520. The van der Waals surface area contributed by atoms with Crippen LogP contribution in [0.25, 0.3) is 10.8 Å². The van der Waals surface area contributed by atoms with E-state index in [1.165, 1.54) is 6.08 Å². The Morgan fingerprint density at radius 2 is 1.85 bits per heavy atom. The monoisotopic (exact) mass is 659 g/mol. The van der Waals surface area contributed by atoms with Crippen molar-refractivity contribution in [1.29, 1.82) is 0 Å². The number of fused-ring (bicyclic) bond motifs is 1. The van der Waals surface area contributed by atoms with E-state index in [9.17, 15) is 31.5 Å². The summed E-state index contributed by atoms with van der Waals surface area (Å²) in [6, 6.07) is 7.03. The normalized spacial score (nSPS) is 21.9. The lowest BCUT2D eigenvalue weighted by Gasteiger charge is -2.48. The van der Waals surface area contributed by atoms with E-state index in [-0.39, 0.29) is 18.4 Å². The number of hydrogen-bond donors (Lipinski definition) is 2. The fraction of sp³-hybridized carbons (Fsp3) is 0.484. The van der Waals surface area contributed by atoms with Crippen LogP contribution in [0.4, 0.5) is 36.4 Å². The maximum Gasteiger partial charge on any atom is 0.497 e. The molecule has 0 bridgehead atoms. The van der Waals surface area contributed by atoms with E-state index >= 15 is 0 Å². The van der Waals surface area contributed by atoms with Crippen LogP contribution in [-0.2, 0) is 14.6 Å². The third-order valence-electron chi connectivity index (χ3n) is 9.44. The number of benzene rings is 1. The molecule has 11 nitrogen and oxygen atoms in total. The Kier molecular flexibility index (Phi) is 8.12. The lowest BCUT2D eigenvalue weighted by molar-refractivity contribution is -0.130. The minimum Gasteiger partial charge on any atom is -0.390 e. The molecule has 3 saturated heterocycles. The first-order chi connectivity index (χ1) is 21.7. The number of anilines is 4. The van der Waals surface area contributed by atoms with Gasteiger partial charge in [0.2, 0.25) is 21.7 Å². The van der Waals surface area contributed by atoms with Gasteiger partial charge in [-0.25, -0.2) is 18.4 Å². The van der Waals surface area contributed by atoms with Crippen LogP contribution >= 0.6 is 0 Å². The minimum atomic E-state index is -5.28. The van der Waals surface area contributed by atoms with E-state index in [4.69, 9.17) is 0 Å². The lowest BCUT2D eigenvalue weighted by atomic mass is 9.85. The van der Waals surface area contributed by atoms with Crippen molar-refractivity contribution in [3.63, 3.8) is 0 Å². The molecule has 0 unspecified atom stereocenters. The SMILES string of the molecule is C=CC(=O)N1CC(c2ccc(N3C[C@H](CS(=O)(=O)C(F)(F)F)[C@H]3C)c3cnc(Nc4ccnc(N5CCC(C)(O)CC5)n4)cc23)C1. The molecule has 2 N–H and O–H groups in total. The number of aromatic nitrogens is 3. The highest BCUT2D eigenvalue weighted by Crippen LogP contribution is 2.42. The number of nitrogens with zero attached hydrogens (tertiary/aromatic N) is 6. The predicted octanol–water partition coefficient (Wildman–Crippen LogP) is 3.99. The Hall–Kier alpha value is -3.98. The van der Waals surface area contributed by atoms with E-state index in [1.807, 2.05) is 34.9 Å². The topological polar surface area (TPSA) is 132 Å². The molecule has 6 rings (SSSR count). The quantitative estimate of drug-likeness (QED) is 0.342. The number of piperidine rings is 1. The van der Waals surface area contributed by atoms with Gasteiger partial charge in [-0.3, -0.25) is 4.79 Å². The Morgan fingerprint density at radius 1 is 1.13 bits per heavy atom. The highest BCUT2D eigenvalue weighted by Gasteiger charge is 2.50. The van der Waals surface area contributed by atoms with Gasteiger partial charge in [-0.05, 0) is 61.9 Å². The summed E-state index contributed by atoms with van der Waals surface area (Å²) in [7, 11) is -5.23. The number of nitrogens with one attached hydrogen (secondary N) is 1. The molecule has 3 aliphatic heterocycles. The van der Waals surface area contributed by atoms with Gasteiger partial charge in [0.15, 0.2) is 0 Å². The summed E-state index contributed by atoms with van der Waals surface area (Å²) in [5.74, 6) is -0.130. The Morgan fingerprint density at radius 3 is 2.50 bits per heavy atom. The largest absolute Gasteiger partial charge is 0.497 e. The van der Waals surface area contributed by atoms with Gasteiger partial charge in [0.1, 0.15) is 11.6 Å². The van der Waals surface area contributed by atoms with E-state index < -0.39 is 38.7 Å². The Balaban J connectivity index is 1.28. The zero-order valence-corrected chi connectivity index (χ0v) is 26.4. The summed E-state index contributed by atoms with van der Waals surface area (Å²) in [4.78, 5) is 31.5. The molecule has 0 saturated carbocycles. The zero-order chi connectivity index (χ0) is 33.0. The second-order valence-electron chi connectivity index (χ2n) is 12.7. The molecule has 3 aromatic rings. The van der Waals surface area contributed by atoms with Crippen LogP contribution in [0.5, 0.6) is 0 Å². The number of amides is 1. The second-order valence-corrected chi connectivity index (χ2v) is 14.7. The second kappa shape index (κ2) is 11.7. The molecule has 3 aliphatic rings. The van der Waals surface area contributed by atoms with Crippen molar-refractivity contribution in [2.45, 2.75) is 49.8 Å². The number of likely N-dealkylation sites (tertiary alicyclic amines) is 1. The van der Waals surface area contributed by atoms with Crippen LogP contribution in [-0.4, -0.2) is 94.9 Å². The summed E-state index contributed by atoms with van der Waals surface area (Å²) in [5.41, 5.74) is -4.25. The number of carbonyl (C=O) groups is 1. The maximum atomic E-state index is 13.0. The van der Waals surface area contributed by atoms with Crippen LogP contribution in [0.3, 0.4) is 0 Å². The third kappa shape index (κ3) is 6.09. The van der Waals surface area contributed by atoms with Crippen LogP contribution in [0.15, 0.2) is 49.3 Å². The molecular weight excluding hydrogens is 623 g/mol. The van der Waals surface area contributed by atoms with Crippen LogP contribution < -0.4 is 15.1 Å². The molecule has 0 radical (unpaired) electrons. The van der Waals surface area contributed by atoms with Gasteiger partial charge in [0.05, 0.1) is 11.4 Å². The molecule has 3 fully saturated rings.